The van der Waals surface area contributed by atoms with Gasteiger partial charge in [-0.2, -0.15) is 5.10 Å². The van der Waals surface area contributed by atoms with Crippen LogP contribution in [0.25, 0.3) is 0 Å². The van der Waals surface area contributed by atoms with Crippen LogP contribution in [0.4, 0.5) is 5.69 Å². The fourth-order valence-corrected chi connectivity index (χ4v) is 2.08. The van der Waals surface area contributed by atoms with Crippen LogP contribution in [-0.2, 0) is 11.3 Å². The summed E-state index contributed by atoms with van der Waals surface area (Å²) in [6.45, 7) is 10.1. The van der Waals surface area contributed by atoms with Gasteiger partial charge >= 0.3 is 0 Å². The molecule has 21 heavy (non-hydrogen) atoms. The quantitative estimate of drug-likeness (QED) is 0.763. The Morgan fingerprint density at radius 3 is 2.76 bits per heavy atom. The summed E-state index contributed by atoms with van der Waals surface area (Å²) in [5.41, 5.74) is 0.0904. The van der Waals surface area contributed by atoms with Gasteiger partial charge in [-0.1, -0.05) is 6.08 Å². The Kier molecular flexibility index (Phi) is 6.14. The smallest absolute Gasteiger partial charge is 0.283 e. The number of allylic oxidation sites excluding steroid dienone is 1. The predicted octanol–water partition coefficient (Wildman–Crippen LogP) is 1.91. The molecule has 6 nitrogen and oxygen atoms in total. The summed E-state index contributed by atoms with van der Waals surface area (Å²) in [5.74, 6) is -0.0425. The molecule has 1 rings (SSSR count). The fourth-order valence-electron chi connectivity index (χ4n) is 1.63. The van der Waals surface area contributed by atoms with Crippen LogP contribution in [0.2, 0.25) is 0 Å². The number of halogens is 1. The zero-order valence-electron chi connectivity index (χ0n) is 12.6. The highest BCUT2D eigenvalue weighted by Crippen LogP contribution is 2.15. The molecule has 0 aliphatic heterocycles. The molecule has 1 aromatic heterocycles. The van der Waals surface area contributed by atoms with Crippen molar-refractivity contribution in [1.82, 2.24) is 15.1 Å². The Hall–Kier alpha value is -1.63. The summed E-state index contributed by atoms with van der Waals surface area (Å²) < 4.78 is 1.70. The van der Waals surface area contributed by atoms with Crippen LogP contribution >= 0.6 is 15.9 Å². The van der Waals surface area contributed by atoms with Gasteiger partial charge in [0.2, 0.25) is 5.91 Å². The van der Waals surface area contributed by atoms with Crippen molar-refractivity contribution in [1.29, 1.82) is 0 Å². The Morgan fingerprint density at radius 1 is 1.52 bits per heavy atom. The first-order valence-corrected chi connectivity index (χ1v) is 7.45. The summed E-state index contributed by atoms with van der Waals surface area (Å²) in [6.07, 6.45) is 3.47. The van der Waals surface area contributed by atoms with Gasteiger partial charge in [0.05, 0.1) is 18.4 Å². The van der Waals surface area contributed by atoms with E-state index in [4.69, 9.17) is 0 Å². The third-order valence-corrected chi connectivity index (χ3v) is 3.24. The van der Waals surface area contributed by atoms with E-state index >= 15 is 0 Å². The molecular formula is C14H21BrN4O2. The van der Waals surface area contributed by atoms with Crippen LogP contribution in [-0.4, -0.2) is 27.8 Å². The van der Waals surface area contributed by atoms with Crippen molar-refractivity contribution < 1.29 is 4.79 Å². The summed E-state index contributed by atoms with van der Waals surface area (Å²) in [7, 11) is 0. The monoisotopic (exact) mass is 356 g/mol. The van der Waals surface area contributed by atoms with Crippen LogP contribution in [0.1, 0.15) is 27.2 Å². The van der Waals surface area contributed by atoms with E-state index in [9.17, 15) is 9.59 Å². The van der Waals surface area contributed by atoms with Crippen LogP contribution in [0, 0.1) is 0 Å². The van der Waals surface area contributed by atoms with Gasteiger partial charge in [0, 0.05) is 18.5 Å². The van der Waals surface area contributed by atoms with Crippen molar-refractivity contribution >= 4 is 27.5 Å². The Morgan fingerprint density at radius 2 is 2.19 bits per heavy atom. The SMILES string of the molecule is C=CCn1ncc(NCCC(=O)NC(C)(C)C)c(Br)c1=O. The van der Waals surface area contributed by atoms with Gasteiger partial charge in [-0.3, -0.25) is 9.59 Å². The van der Waals surface area contributed by atoms with E-state index in [2.05, 4.69) is 38.2 Å². The average molecular weight is 357 g/mol. The van der Waals surface area contributed by atoms with Gasteiger partial charge in [0.1, 0.15) is 4.47 Å². The minimum Gasteiger partial charge on any atom is -0.382 e. The van der Waals surface area contributed by atoms with Crippen molar-refractivity contribution in [3.05, 3.63) is 33.7 Å². The van der Waals surface area contributed by atoms with Crippen LogP contribution < -0.4 is 16.2 Å². The molecule has 0 fully saturated rings. The number of aromatic nitrogens is 2. The molecule has 0 bridgehead atoms. The number of amides is 1. The first kappa shape index (κ1) is 17.4. The number of hydrogen-bond donors (Lipinski definition) is 2. The molecule has 0 unspecified atom stereocenters. The molecule has 0 spiro atoms. The summed E-state index contributed by atoms with van der Waals surface area (Å²) in [4.78, 5) is 23.6. The van der Waals surface area contributed by atoms with Crippen molar-refractivity contribution in [2.24, 2.45) is 0 Å². The third-order valence-electron chi connectivity index (χ3n) is 2.47. The number of carbonyl (C=O) groups is 1. The zero-order chi connectivity index (χ0) is 16.0. The van der Waals surface area contributed by atoms with Gasteiger partial charge in [-0.05, 0) is 36.7 Å². The molecule has 0 atom stereocenters. The van der Waals surface area contributed by atoms with E-state index in [1.807, 2.05) is 20.8 Å². The molecule has 0 aromatic carbocycles. The third kappa shape index (κ3) is 5.71. The normalized spacial score (nSPS) is 11.0. The molecule has 1 heterocycles. The topological polar surface area (TPSA) is 76.0 Å². The average Bonchev–Trinajstić information content (AvgIpc) is 2.36. The standard InChI is InChI=1S/C14H21BrN4O2/c1-5-8-19-13(21)12(15)10(9-17-19)16-7-6-11(20)18-14(2,3)4/h5,9,16H,1,6-8H2,2-4H3,(H,18,20). The number of nitrogens with zero attached hydrogens (tertiary/aromatic N) is 2. The molecule has 2 N–H and O–H groups in total. The number of anilines is 1. The van der Waals surface area contributed by atoms with Crippen LogP contribution in [0.5, 0.6) is 0 Å². The first-order valence-electron chi connectivity index (χ1n) is 6.66. The second-order valence-corrected chi connectivity index (χ2v) is 6.42. The van der Waals surface area contributed by atoms with Gasteiger partial charge in [0.25, 0.3) is 5.56 Å². The second kappa shape index (κ2) is 7.40. The van der Waals surface area contributed by atoms with Crippen molar-refractivity contribution in [3.8, 4) is 0 Å². The number of rotatable bonds is 6. The molecule has 1 aromatic rings. The lowest BCUT2D eigenvalue weighted by atomic mass is 10.1. The first-order chi connectivity index (χ1) is 9.74. The van der Waals surface area contributed by atoms with Gasteiger partial charge in [0.15, 0.2) is 0 Å². The molecule has 7 heteroatoms. The van der Waals surface area contributed by atoms with Crippen molar-refractivity contribution in [2.45, 2.75) is 39.3 Å². The Labute approximate surface area is 132 Å². The van der Waals surface area contributed by atoms with E-state index in [0.29, 0.717) is 29.7 Å². The molecule has 0 radical (unpaired) electrons. The van der Waals surface area contributed by atoms with Gasteiger partial charge in [-0.25, -0.2) is 4.68 Å². The number of carbonyl (C=O) groups excluding carboxylic acids is 1. The predicted molar refractivity (Wildman–Crippen MR) is 87.4 cm³/mol. The van der Waals surface area contributed by atoms with E-state index < -0.39 is 0 Å². The molecule has 0 aliphatic carbocycles. The second-order valence-electron chi connectivity index (χ2n) is 5.62. The zero-order valence-corrected chi connectivity index (χ0v) is 14.2. The van der Waals surface area contributed by atoms with Crippen LogP contribution in [0.3, 0.4) is 0 Å². The Balaban J connectivity index is 2.61. The maximum atomic E-state index is 12.0. The van der Waals surface area contributed by atoms with E-state index in [0.717, 1.165) is 0 Å². The number of nitrogens with one attached hydrogen (secondary N) is 2. The van der Waals surface area contributed by atoms with E-state index in [-0.39, 0.29) is 17.0 Å². The minimum atomic E-state index is -0.246. The maximum Gasteiger partial charge on any atom is 0.283 e. The minimum absolute atomic E-state index is 0.0425. The van der Waals surface area contributed by atoms with E-state index in [1.165, 1.54) is 4.68 Å². The van der Waals surface area contributed by atoms with Crippen molar-refractivity contribution in [2.75, 3.05) is 11.9 Å². The van der Waals surface area contributed by atoms with Gasteiger partial charge in [-0.15, -0.1) is 6.58 Å². The Bertz CT molecular complexity index is 575. The lowest BCUT2D eigenvalue weighted by molar-refractivity contribution is -0.122. The fraction of sp³-hybridized carbons (Fsp3) is 0.500. The highest BCUT2D eigenvalue weighted by molar-refractivity contribution is 9.10. The largest absolute Gasteiger partial charge is 0.382 e. The summed E-state index contributed by atoms with van der Waals surface area (Å²) >= 11 is 3.25. The lowest BCUT2D eigenvalue weighted by Gasteiger charge is -2.20. The molecule has 0 aliphatic rings. The molecular weight excluding hydrogens is 336 g/mol. The molecule has 0 saturated heterocycles. The maximum absolute atomic E-state index is 12.0. The van der Waals surface area contributed by atoms with E-state index in [1.54, 1.807) is 12.3 Å². The highest BCUT2D eigenvalue weighted by atomic mass is 79.9. The summed E-state index contributed by atoms with van der Waals surface area (Å²) in [6, 6.07) is 0. The van der Waals surface area contributed by atoms with Crippen LogP contribution in [0.15, 0.2) is 28.1 Å². The summed E-state index contributed by atoms with van der Waals surface area (Å²) in [5, 5.41) is 9.93. The molecule has 116 valence electrons. The molecule has 1 amide bonds. The number of hydrogen-bond acceptors (Lipinski definition) is 4. The van der Waals surface area contributed by atoms with Gasteiger partial charge < -0.3 is 10.6 Å². The highest BCUT2D eigenvalue weighted by Gasteiger charge is 2.13. The lowest BCUT2D eigenvalue weighted by Crippen LogP contribution is -2.41. The van der Waals surface area contributed by atoms with Crippen molar-refractivity contribution in [3.63, 3.8) is 0 Å². The molecule has 0 saturated carbocycles.